The fourth-order valence-corrected chi connectivity index (χ4v) is 7.41. The maximum Gasteiger partial charge on any atom is 0.339 e. The normalized spacial score (nSPS) is 20.4. The molecular formula is C33H37NO7S. The first-order chi connectivity index (χ1) is 19.6. The van der Waals surface area contributed by atoms with Gasteiger partial charge >= 0.3 is 16.1 Å². The number of nitrogens with zero attached hydrogens (tertiary/aromatic N) is 1. The molecule has 1 N–H and O–H groups in total. The van der Waals surface area contributed by atoms with Gasteiger partial charge in [-0.15, -0.1) is 0 Å². The van der Waals surface area contributed by atoms with E-state index >= 15 is 0 Å². The van der Waals surface area contributed by atoms with Gasteiger partial charge in [-0.25, -0.2) is 0 Å². The van der Waals surface area contributed by atoms with Gasteiger partial charge in [0.05, 0.1) is 6.42 Å². The Kier molecular flexibility index (Phi) is 7.46. The summed E-state index contributed by atoms with van der Waals surface area (Å²) in [7, 11) is -4.12. The van der Waals surface area contributed by atoms with E-state index in [4.69, 9.17) is 4.18 Å². The van der Waals surface area contributed by atoms with E-state index in [1.54, 1.807) is 36.4 Å². The van der Waals surface area contributed by atoms with E-state index in [-0.39, 0.29) is 58.8 Å². The molecule has 0 amide bonds. The maximum absolute atomic E-state index is 13.9. The summed E-state index contributed by atoms with van der Waals surface area (Å²) in [5.41, 5.74) is 3.30. The van der Waals surface area contributed by atoms with E-state index in [0.29, 0.717) is 29.6 Å². The van der Waals surface area contributed by atoms with Crippen molar-refractivity contribution in [1.29, 1.82) is 0 Å². The average molecular weight is 592 g/mol. The van der Waals surface area contributed by atoms with Gasteiger partial charge in [0, 0.05) is 47.8 Å². The highest BCUT2D eigenvalue weighted by Crippen LogP contribution is 2.54. The average Bonchev–Trinajstić information content (AvgIpc) is 2.85. The minimum atomic E-state index is -4.12. The van der Waals surface area contributed by atoms with Crippen molar-refractivity contribution < 1.29 is 32.1 Å². The molecular weight excluding hydrogens is 554 g/mol. The molecule has 2 aromatic rings. The minimum absolute atomic E-state index is 0.0228. The van der Waals surface area contributed by atoms with Gasteiger partial charge in [0.25, 0.3) is 0 Å². The lowest BCUT2D eigenvalue weighted by atomic mass is 9.63. The van der Waals surface area contributed by atoms with Crippen LogP contribution < -0.4 is 4.18 Å². The number of carbonyl (C=O) groups is 3. The fraction of sp³-hybridized carbons (Fsp3) is 0.424. The molecule has 2 aliphatic carbocycles. The molecule has 0 atom stereocenters. The summed E-state index contributed by atoms with van der Waals surface area (Å²) in [5.74, 6) is -1.75. The highest BCUT2D eigenvalue weighted by atomic mass is 32.2. The van der Waals surface area contributed by atoms with Crippen LogP contribution in [0.25, 0.3) is 0 Å². The number of carbonyl (C=O) groups excluding carboxylic acids is 2. The van der Waals surface area contributed by atoms with E-state index in [9.17, 15) is 27.9 Å². The number of aryl methyl sites for hydroxylation is 1. The van der Waals surface area contributed by atoms with E-state index in [0.717, 1.165) is 17.0 Å². The van der Waals surface area contributed by atoms with Gasteiger partial charge in [0.1, 0.15) is 10.6 Å². The molecule has 0 aromatic heterocycles. The fourth-order valence-electron chi connectivity index (χ4n) is 6.48. The van der Waals surface area contributed by atoms with Crippen molar-refractivity contribution in [3.63, 3.8) is 0 Å². The molecule has 0 saturated heterocycles. The van der Waals surface area contributed by atoms with Crippen LogP contribution in [0.15, 0.2) is 76.0 Å². The number of Topliss-reactive ketones (excluding diaryl/α,β-unsaturated/α-hetero) is 2. The quantitative estimate of drug-likeness (QED) is 0.394. The largest absolute Gasteiger partial charge is 0.481 e. The maximum atomic E-state index is 13.9. The van der Waals surface area contributed by atoms with Crippen LogP contribution in [-0.4, -0.2) is 42.5 Å². The molecule has 0 unspecified atom stereocenters. The molecule has 42 heavy (non-hydrogen) atoms. The van der Waals surface area contributed by atoms with Crippen LogP contribution in [-0.2, 0) is 24.5 Å². The standard InChI is InChI=1S/C33H37NO7S/c1-20-9-11-23(12-10-20)42(39,40)41-22-8-6-7-21(15-22)29-30-24(16-32(2,3)18-26(30)35)34(14-13-28(37)38)25-17-33(4,5)19-27(36)31(25)29/h6-12,15,29H,13-14,16-19H2,1-5H3,(H,37,38). The molecule has 9 heteroatoms. The number of ketones is 2. The molecule has 2 aromatic carbocycles. The van der Waals surface area contributed by atoms with Crippen LogP contribution >= 0.6 is 0 Å². The SMILES string of the molecule is Cc1ccc(S(=O)(=O)Oc2cccc(C3C4=C(CC(C)(C)CC4=O)N(CCC(=O)O)C4=C3C(=O)CC(C)(C)C4)c2)cc1. The summed E-state index contributed by atoms with van der Waals surface area (Å²) in [4.78, 5) is 41.4. The number of aliphatic carboxylic acids is 1. The molecule has 0 fully saturated rings. The highest BCUT2D eigenvalue weighted by molar-refractivity contribution is 7.87. The van der Waals surface area contributed by atoms with Crippen molar-refractivity contribution in [3.05, 3.63) is 82.2 Å². The van der Waals surface area contributed by atoms with E-state index < -0.39 is 22.0 Å². The monoisotopic (exact) mass is 591 g/mol. The topological polar surface area (TPSA) is 118 Å². The van der Waals surface area contributed by atoms with Crippen molar-refractivity contribution in [2.45, 2.75) is 77.5 Å². The molecule has 5 rings (SSSR count). The highest BCUT2D eigenvalue weighted by Gasteiger charge is 2.49. The van der Waals surface area contributed by atoms with Crippen LogP contribution in [0, 0.1) is 17.8 Å². The van der Waals surface area contributed by atoms with Gasteiger partial charge in [-0.2, -0.15) is 8.42 Å². The molecule has 0 spiro atoms. The third kappa shape index (κ3) is 5.79. The van der Waals surface area contributed by atoms with Gasteiger partial charge in [-0.1, -0.05) is 57.5 Å². The van der Waals surface area contributed by atoms with Gasteiger partial charge in [-0.3, -0.25) is 14.4 Å². The Morgan fingerprint density at radius 1 is 0.905 bits per heavy atom. The van der Waals surface area contributed by atoms with E-state index in [1.165, 1.54) is 12.1 Å². The van der Waals surface area contributed by atoms with Gasteiger partial charge < -0.3 is 14.2 Å². The van der Waals surface area contributed by atoms with Crippen LogP contribution in [0.4, 0.5) is 0 Å². The molecule has 0 saturated carbocycles. The van der Waals surface area contributed by atoms with Crippen molar-refractivity contribution in [2.24, 2.45) is 10.8 Å². The number of rotatable bonds is 7. The third-order valence-electron chi connectivity index (χ3n) is 8.28. The van der Waals surface area contributed by atoms with Crippen molar-refractivity contribution in [2.75, 3.05) is 6.54 Å². The number of hydrogen-bond acceptors (Lipinski definition) is 7. The zero-order chi connectivity index (χ0) is 30.6. The zero-order valence-corrected chi connectivity index (χ0v) is 25.5. The first-order valence-corrected chi connectivity index (χ1v) is 15.6. The molecule has 0 bridgehead atoms. The number of carboxylic acids is 1. The van der Waals surface area contributed by atoms with Crippen LogP contribution in [0.3, 0.4) is 0 Å². The summed E-state index contributed by atoms with van der Waals surface area (Å²) in [6.45, 7) is 10.1. The molecule has 1 aliphatic heterocycles. The molecule has 8 nitrogen and oxygen atoms in total. The molecule has 1 heterocycles. The Hall–Kier alpha value is -3.72. The van der Waals surface area contributed by atoms with E-state index in [1.807, 2.05) is 39.5 Å². The Balaban J connectivity index is 1.65. The lowest BCUT2D eigenvalue weighted by Gasteiger charge is -2.49. The van der Waals surface area contributed by atoms with Crippen molar-refractivity contribution >= 4 is 27.7 Å². The Labute approximate surface area is 247 Å². The predicted octanol–water partition coefficient (Wildman–Crippen LogP) is 5.92. The zero-order valence-electron chi connectivity index (χ0n) is 24.7. The lowest BCUT2D eigenvalue weighted by Crippen LogP contribution is -2.45. The summed E-state index contributed by atoms with van der Waals surface area (Å²) in [6.07, 6.45) is 1.54. The van der Waals surface area contributed by atoms with E-state index in [2.05, 4.69) is 0 Å². The van der Waals surface area contributed by atoms with Crippen LogP contribution in [0.5, 0.6) is 5.75 Å². The van der Waals surface area contributed by atoms with Crippen LogP contribution in [0.2, 0.25) is 0 Å². The minimum Gasteiger partial charge on any atom is -0.481 e. The number of carboxylic acid groups (broad SMARTS) is 1. The summed E-state index contributed by atoms with van der Waals surface area (Å²) >= 11 is 0. The second kappa shape index (κ2) is 10.5. The van der Waals surface area contributed by atoms with Crippen LogP contribution in [0.1, 0.15) is 76.8 Å². The predicted molar refractivity (Wildman–Crippen MR) is 157 cm³/mol. The number of benzene rings is 2. The van der Waals surface area contributed by atoms with Gasteiger partial charge in [0.2, 0.25) is 0 Å². The van der Waals surface area contributed by atoms with Crippen molar-refractivity contribution in [1.82, 2.24) is 4.90 Å². The first kappa shape index (κ1) is 29.8. The smallest absolute Gasteiger partial charge is 0.339 e. The summed E-state index contributed by atoms with van der Waals surface area (Å²) < 4.78 is 31.7. The number of allylic oxidation sites excluding steroid dienone is 4. The first-order valence-electron chi connectivity index (χ1n) is 14.2. The Morgan fingerprint density at radius 3 is 1.98 bits per heavy atom. The second-order valence-electron chi connectivity index (χ2n) is 13.3. The Morgan fingerprint density at radius 2 is 1.45 bits per heavy atom. The molecule has 3 aliphatic rings. The van der Waals surface area contributed by atoms with Crippen molar-refractivity contribution in [3.8, 4) is 5.75 Å². The number of hydrogen-bond donors (Lipinski definition) is 1. The summed E-state index contributed by atoms with van der Waals surface area (Å²) in [6, 6.07) is 13.0. The summed E-state index contributed by atoms with van der Waals surface area (Å²) in [5, 5.41) is 9.54. The molecule has 0 radical (unpaired) electrons. The second-order valence-corrected chi connectivity index (χ2v) is 14.8. The third-order valence-corrected chi connectivity index (χ3v) is 9.54. The van der Waals surface area contributed by atoms with Gasteiger partial charge in [-0.05, 0) is 60.4 Å². The lowest BCUT2D eigenvalue weighted by molar-refractivity contribution is -0.137. The van der Waals surface area contributed by atoms with Gasteiger partial charge in [0.15, 0.2) is 11.6 Å². The molecule has 222 valence electrons. The Bertz CT molecular complexity index is 1590.